The highest BCUT2D eigenvalue weighted by atomic mass is 35.5. The fraction of sp³-hybridized carbons (Fsp3) is 0.231. The maximum Gasteiger partial charge on any atom is 0.124 e. The Balaban J connectivity index is 1.94. The van der Waals surface area contributed by atoms with Crippen LogP contribution in [-0.4, -0.2) is 19.1 Å². The summed E-state index contributed by atoms with van der Waals surface area (Å²) < 4.78 is 4.22. The highest BCUT2D eigenvalue weighted by molar-refractivity contribution is 6.16. The lowest BCUT2D eigenvalue weighted by Gasteiger charge is -2.08. The van der Waals surface area contributed by atoms with Crippen LogP contribution in [0.2, 0.25) is 0 Å². The molecule has 0 saturated carbocycles. The molecule has 0 N–H and O–H groups in total. The molecule has 0 spiro atoms. The molecule has 2 aromatic heterocycles. The smallest absolute Gasteiger partial charge is 0.124 e. The zero-order valence-corrected chi connectivity index (χ0v) is 10.6. The van der Waals surface area contributed by atoms with Crippen LogP contribution in [0.3, 0.4) is 0 Å². The van der Waals surface area contributed by atoms with Gasteiger partial charge in [0.25, 0.3) is 0 Å². The number of benzene rings is 1. The molecule has 0 unspecified atom stereocenters. The number of nitrogens with zero attached hydrogens (tertiary/aromatic N) is 4. The summed E-state index contributed by atoms with van der Waals surface area (Å²) in [5.74, 6) is 1.34. The van der Waals surface area contributed by atoms with Crippen molar-refractivity contribution in [1.82, 2.24) is 19.1 Å². The van der Waals surface area contributed by atoms with Gasteiger partial charge in [-0.3, -0.25) is 0 Å². The minimum Gasteiger partial charge on any atom is -0.336 e. The Bertz CT molecular complexity index is 642. The van der Waals surface area contributed by atoms with Crippen molar-refractivity contribution in [2.45, 2.75) is 19.0 Å². The lowest BCUT2D eigenvalue weighted by atomic mass is 10.3. The van der Waals surface area contributed by atoms with E-state index in [9.17, 15) is 0 Å². The Labute approximate surface area is 110 Å². The summed E-state index contributed by atoms with van der Waals surface area (Å²) >= 11 is 5.96. The van der Waals surface area contributed by atoms with Crippen molar-refractivity contribution in [2.75, 3.05) is 0 Å². The summed E-state index contributed by atoms with van der Waals surface area (Å²) in [5, 5.41) is 0. The lowest BCUT2D eigenvalue weighted by molar-refractivity contribution is 0.577. The molecule has 0 aliphatic heterocycles. The number of hydrogen-bond acceptors (Lipinski definition) is 2. The monoisotopic (exact) mass is 260 g/mol. The van der Waals surface area contributed by atoms with Gasteiger partial charge in [-0.25, -0.2) is 9.97 Å². The van der Waals surface area contributed by atoms with Gasteiger partial charge in [-0.15, -0.1) is 11.6 Å². The molecular weight excluding hydrogens is 248 g/mol. The second kappa shape index (κ2) is 4.82. The summed E-state index contributed by atoms with van der Waals surface area (Å²) in [7, 11) is 0. The number of imidazole rings is 2. The molecule has 0 bridgehead atoms. The van der Waals surface area contributed by atoms with E-state index in [1.807, 2.05) is 35.3 Å². The molecule has 4 nitrogen and oxygen atoms in total. The van der Waals surface area contributed by atoms with E-state index in [0.29, 0.717) is 5.88 Å². The summed E-state index contributed by atoms with van der Waals surface area (Å²) in [6.45, 7) is 1.71. The minimum absolute atomic E-state index is 0.429. The van der Waals surface area contributed by atoms with E-state index in [-0.39, 0.29) is 0 Å². The van der Waals surface area contributed by atoms with Crippen LogP contribution in [0.15, 0.2) is 43.0 Å². The average Bonchev–Trinajstić information content (AvgIpc) is 3.03. The number of halogens is 1. The normalized spacial score (nSPS) is 11.2. The summed E-state index contributed by atoms with van der Waals surface area (Å²) in [4.78, 5) is 8.58. The summed E-state index contributed by atoms with van der Waals surface area (Å²) in [6, 6.07) is 8.11. The Morgan fingerprint density at radius 2 is 2.06 bits per heavy atom. The van der Waals surface area contributed by atoms with E-state index in [0.717, 1.165) is 29.9 Å². The van der Waals surface area contributed by atoms with Crippen molar-refractivity contribution in [1.29, 1.82) is 0 Å². The topological polar surface area (TPSA) is 35.6 Å². The van der Waals surface area contributed by atoms with Crippen molar-refractivity contribution >= 4 is 22.6 Å². The molecule has 0 atom stereocenters. The zero-order valence-electron chi connectivity index (χ0n) is 9.83. The van der Waals surface area contributed by atoms with Crippen LogP contribution >= 0.6 is 11.6 Å². The molecule has 0 radical (unpaired) electrons. The van der Waals surface area contributed by atoms with Gasteiger partial charge in [-0.05, 0) is 12.1 Å². The third kappa shape index (κ3) is 1.99. The number of fused-ring (bicyclic) bond motifs is 1. The number of para-hydroxylation sites is 2. The first kappa shape index (κ1) is 11.3. The predicted octanol–water partition coefficient (Wildman–Crippen LogP) is 2.67. The molecule has 0 amide bonds. The van der Waals surface area contributed by atoms with Crippen LogP contribution in [0.4, 0.5) is 0 Å². The van der Waals surface area contributed by atoms with Crippen molar-refractivity contribution in [3.63, 3.8) is 0 Å². The van der Waals surface area contributed by atoms with Gasteiger partial charge in [0.2, 0.25) is 0 Å². The first-order valence-electron chi connectivity index (χ1n) is 5.84. The first-order valence-corrected chi connectivity index (χ1v) is 6.38. The Hall–Kier alpha value is -1.81. The van der Waals surface area contributed by atoms with E-state index in [1.165, 1.54) is 0 Å². The molecule has 0 saturated heterocycles. The van der Waals surface area contributed by atoms with Crippen LogP contribution in [0.25, 0.3) is 11.0 Å². The molecule has 1 aromatic carbocycles. The van der Waals surface area contributed by atoms with E-state index in [1.54, 1.807) is 6.20 Å². The molecule has 0 aliphatic rings. The quantitative estimate of drug-likeness (QED) is 0.676. The third-order valence-corrected chi connectivity index (χ3v) is 3.23. The molecule has 0 fully saturated rings. The van der Waals surface area contributed by atoms with Crippen LogP contribution in [0, 0.1) is 0 Å². The van der Waals surface area contributed by atoms with E-state index >= 15 is 0 Å². The lowest BCUT2D eigenvalue weighted by Crippen LogP contribution is -2.08. The van der Waals surface area contributed by atoms with Gasteiger partial charge in [0, 0.05) is 25.5 Å². The summed E-state index contributed by atoms with van der Waals surface area (Å²) in [6.07, 6.45) is 5.56. The second-order valence-electron chi connectivity index (χ2n) is 4.10. The largest absolute Gasteiger partial charge is 0.336 e. The number of aryl methyl sites for hydroxylation is 2. The van der Waals surface area contributed by atoms with Gasteiger partial charge < -0.3 is 9.13 Å². The fourth-order valence-corrected chi connectivity index (χ4v) is 2.32. The Kier molecular flexibility index (Phi) is 3.02. The van der Waals surface area contributed by atoms with Gasteiger partial charge in [-0.2, -0.15) is 0 Å². The van der Waals surface area contributed by atoms with Gasteiger partial charge in [-0.1, -0.05) is 12.1 Å². The number of hydrogen-bond donors (Lipinski definition) is 0. The standard InChI is InChI=1S/C13H13ClN4/c14-9-13-16-11-3-1-2-4-12(11)18(13)8-7-17-6-5-15-10-17/h1-6,10H,7-9H2. The fourth-order valence-electron chi connectivity index (χ4n) is 2.11. The third-order valence-electron chi connectivity index (χ3n) is 2.99. The summed E-state index contributed by atoms with van der Waals surface area (Å²) in [5.41, 5.74) is 2.13. The second-order valence-corrected chi connectivity index (χ2v) is 4.37. The Morgan fingerprint density at radius 3 is 2.83 bits per heavy atom. The van der Waals surface area contributed by atoms with E-state index in [4.69, 9.17) is 11.6 Å². The highest BCUT2D eigenvalue weighted by Crippen LogP contribution is 2.17. The van der Waals surface area contributed by atoms with Crippen molar-refractivity contribution in [2.24, 2.45) is 0 Å². The van der Waals surface area contributed by atoms with Crippen molar-refractivity contribution < 1.29 is 0 Å². The molecule has 0 aliphatic carbocycles. The molecule has 3 rings (SSSR count). The molecule has 5 heteroatoms. The van der Waals surface area contributed by atoms with Crippen LogP contribution in [0.1, 0.15) is 5.82 Å². The SMILES string of the molecule is ClCc1nc2ccccc2n1CCn1ccnc1. The van der Waals surface area contributed by atoms with Crippen LogP contribution in [0.5, 0.6) is 0 Å². The van der Waals surface area contributed by atoms with Gasteiger partial charge in [0.15, 0.2) is 0 Å². The maximum atomic E-state index is 5.96. The van der Waals surface area contributed by atoms with E-state index < -0.39 is 0 Å². The molecule has 3 aromatic rings. The van der Waals surface area contributed by atoms with Crippen LogP contribution in [-0.2, 0) is 19.0 Å². The van der Waals surface area contributed by atoms with Gasteiger partial charge in [0.05, 0.1) is 23.2 Å². The average molecular weight is 261 g/mol. The Morgan fingerprint density at radius 1 is 1.17 bits per heavy atom. The number of alkyl halides is 1. The van der Waals surface area contributed by atoms with Crippen molar-refractivity contribution in [3.05, 3.63) is 48.8 Å². The highest BCUT2D eigenvalue weighted by Gasteiger charge is 2.08. The molecule has 92 valence electrons. The zero-order chi connectivity index (χ0) is 12.4. The predicted molar refractivity (Wildman–Crippen MR) is 71.5 cm³/mol. The van der Waals surface area contributed by atoms with Crippen molar-refractivity contribution in [3.8, 4) is 0 Å². The number of aromatic nitrogens is 4. The molecular formula is C13H13ClN4. The first-order chi connectivity index (χ1) is 8.88. The minimum atomic E-state index is 0.429. The van der Waals surface area contributed by atoms with E-state index in [2.05, 4.69) is 20.6 Å². The maximum absolute atomic E-state index is 5.96. The number of rotatable bonds is 4. The molecule has 2 heterocycles. The van der Waals surface area contributed by atoms with Crippen LogP contribution < -0.4 is 0 Å². The van der Waals surface area contributed by atoms with Gasteiger partial charge >= 0.3 is 0 Å². The van der Waals surface area contributed by atoms with Gasteiger partial charge in [0.1, 0.15) is 5.82 Å². The molecule has 18 heavy (non-hydrogen) atoms.